The van der Waals surface area contributed by atoms with Gasteiger partial charge >= 0.3 is 0 Å². The molecule has 1 rings (SSSR count). The second-order valence-corrected chi connectivity index (χ2v) is 5.13. The molecule has 3 nitrogen and oxygen atoms in total. The first kappa shape index (κ1) is 13.5. The molecule has 16 heavy (non-hydrogen) atoms. The van der Waals surface area contributed by atoms with Crippen molar-refractivity contribution in [1.82, 2.24) is 5.32 Å². The zero-order valence-corrected chi connectivity index (χ0v) is 10.7. The Labute approximate surface area is 99.2 Å². The SMILES string of the molecule is CCC(N)CC(=O)NC(C)C1CCCCC1. The van der Waals surface area contributed by atoms with E-state index in [1.807, 2.05) is 6.92 Å². The summed E-state index contributed by atoms with van der Waals surface area (Å²) >= 11 is 0. The lowest BCUT2D eigenvalue weighted by Gasteiger charge is -2.28. The quantitative estimate of drug-likeness (QED) is 0.755. The molecule has 0 aliphatic heterocycles. The molecule has 2 atom stereocenters. The van der Waals surface area contributed by atoms with Crippen molar-refractivity contribution in [3.63, 3.8) is 0 Å². The van der Waals surface area contributed by atoms with Gasteiger partial charge in [0.2, 0.25) is 5.91 Å². The normalized spacial score (nSPS) is 21.4. The molecule has 0 aromatic heterocycles. The first-order valence-electron chi connectivity index (χ1n) is 6.68. The molecule has 3 N–H and O–H groups in total. The molecular weight excluding hydrogens is 200 g/mol. The van der Waals surface area contributed by atoms with Crippen molar-refractivity contribution in [3.8, 4) is 0 Å². The summed E-state index contributed by atoms with van der Waals surface area (Å²) in [5, 5.41) is 3.10. The number of carbonyl (C=O) groups excluding carboxylic acids is 1. The molecule has 0 aromatic carbocycles. The largest absolute Gasteiger partial charge is 0.353 e. The molecular formula is C13H26N2O. The van der Waals surface area contributed by atoms with Crippen LogP contribution in [0.4, 0.5) is 0 Å². The van der Waals surface area contributed by atoms with Crippen molar-refractivity contribution < 1.29 is 4.79 Å². The van der Waals surface area contributed by atoms with Crippen LogP contribution in [0.25, 0.3) is 0 Å². The van der Waals surface area contributed by atoms with Crippen LogP contribution in [0, 0.1) is 5.92 Å². The van der Waals surface area contributed by atoms with Gasteiger partial charge in [0.05, 0.1) is 0 Å². The van der Waals surface area contributed by atoms with Crippen LogP contribution in [0.2, 0.25) is 0 Å². The monoisotopic (exact) mass is 226 g/mol. The van der Waals surface area contributed by atoms with Gasteiger partial charge in [0.15, 0.2) is 0 Å². The fourth-order valence-electron chi connectivity index (χ4n) is 2.45. The molecule has 1 aliphatic rings. The second kappa shape index (κ2) is 6.89. The average molecular weight is 226 g/mol. The van der Waals surface area contributed by atoms with E-state index in [9.17, 15) is 4.79 Å². The number of carbonyl (C=O) groups is 1. The van der Waals surface area contributed by atoms with E-state index in [1.54, 1.807) is 0 Å². The molecule has 0 heterocycles. The molecule has 0 saturated heterocycles. The zero-order chi connectivity index (χ0) is 12.0. The third-order valence-corrected chi connectivity index (χ3v) is 3.72. The molecule has 0 bridgehead atoms. The lowest BCUT2D eigenvalue weighted by atomic mass is 9.84. The van der Waals surface area contributed by atoms with E-state index in [-0.39, 0.29) is 11.9 Å². The number of rotatable bonds is 5. The third kappa shape index (κ3) is 4.52. The van der Waals surface area contributed by atoms with Gasteiger partial charge in [-0.05, 0) is 32.1 Å². The van der Waals surface area contributed by atoms with Gasteiger partial charge in [-0.2, -0.15) is 0 Å². The van der Waals surface area contributed by atoms with Crippen molar-refractivity contribution in [2.75, 3.05) is 0 Å². The number of nitrogens with one attached hydrogen (secondary N) is 1. The summed E-state index contributed by atoms with van der Waals surface area (Å²) in [7, 11) is 0. The smallest absolute Gasteiger partial charge is 0.221 e. The highest BCUT2D eigenvalue weighted by Gasteiger charge is 2.21. The van der Waals surface area contributed by atoms with Crippen molar-refractivity contribution in [1.29, 1.82) is 0 Å². The molecule has 1 amide bonds. The van der Waals surface area contributed by atoms with Crippen LogP contribution in [0.3, 0.4) is 0 Å². The summed E-state index contributed by atoms with van der Waals surface area (Å²) in [5.41, 5.74) is 5.77. The fraction of sp³-hybridized carbons (Fsp3) is 0.923. The van der Waals surface area contributed by atoms with E-state index in [0.29, 0.717) is 18.4 Å². The van der Waals surface area contributed by atoms with Gasteiger partial charge in [0, 0.05) is 18.5 Å². The lowest BCUT2D eigenvalue weighted by molar-refractivity contribution is -0.122. The van der Waals surface area contributed by atoms with Crippen LogP contribution in [-0.4, -0.2) is 18.0 Å². The topological polar surface area (TPSA) is 55.1 Å². The molecule has 1 saturated carbocycles. The van der Waals surface area contributed by atoms with Gasteiger partial charge in [0.1, 0.15) is 0 Å². The van der Waals surface area contributed by atoms with Crippen LogP contribution in [0.5, 0.6) is 0 Å². The highest BCUT2D eigenvalue weighted by atomic mass is 16.1. The van der Waals surface area contributed by atoms with Crippen molar-refractivity contribution in [2.45, 2.75) is 70.9 Å². The van der Waals surface area contributed by atoms with Crippen LogP contribution in [0.15, 0.2) is 0 Å². The molecule has 1 aliphatic carbocycles. The molecule has 94 valence electrons. The standard InChI is InChI=1S/C13H26N2O/c1-3-12(14)9-13(16)15-10(2)11-7-5-4-6-8-11/h10-12H,3-9,14H2,1-2H3,(H,15,16). The van der Waals surface area contributed by atoms with E-state index in [0.717, 1.165) is 6.42 Å². The highest BCUT2D eigenvalue weighted by Crippen LogP contribution is 2.26. The van der Waals surface area contributed by atoms with Crippen LogP contribution in [0.1, 0.15) is 58.8 Å². The van der Waals surface area contributed by atoms with Gasteiger partial charge in [-0.15, -0.1) is 0 Å². The minimum Gasteiger partial charge on any atom is -0.353 e. The van der Waals surface area contributed by atoms with Crippen molar-refractivity contribution in [3.05, 3.63) is 0 Å². The van der Waals surface area contributed by atoms with Gasteiger partial charge in [-0.3, -0.25) is 4.79 Å². The Bertz CT molecular complexity index is 212. The third-order valence-electron chi connectivity index (χ3n) is 3.72. The van der Waals surface area contributed by atoms with Crippen molar-refractivity contribution >= 4 is 5.91 Å². The first-order chi connectivity index (χ1) is 7.63. The maximum atomic E-state index is 11.7. The number of hydrogen-bond donors (Lipinski definition) is 2. The Morgan fingerprint density at radius 2 is 2.00 bits per heavy atom. The highest BCUT2D eigenvalue weighted by molar-refractivity contribution is 5.76. The van der Waals surface area contributed by atoms with Gasteiger partial charge < -0.3 is 11.1 Å². The summed E-state index contributed by atoms with van der Waals surface area (Å²) in [5.74, 6) is 0.794. The molecule has 0 radical (unpaired) electrons. The Morgan fingerprint density at radius 3 is 2.56 bits per heavy atom. The molecule has 0 aromatic rings. The predicted octanol–water partition coefficient (Wildman–Crippen LogP) is 2.20. The van der Waals surface area contributed by atoms with Crippen LogP contribution in [-0.2, 0) is 4.79 Å². The summed E-state index contributed by atoms with van der Waals surface area (Å²) in [6.07, 6.45) is 7.86. The summed E-state index contributed by atoms with van der Waals surface area (Å²) < 4.78 is 0. The lowest BCUT2D eigenvalue weighted by Crippen LogP contribution is -2.41. The molecule has 3 heteroatoms. The maximum absolute atomic E-state index is 11.7. The first-order valence-corrected chi connectivity index (χ1v) is 6.68. The summed E-state index contributed by atoms with van der Waals surface area (Å²) in [6, 6.07) is 0.329. The van der Waals surface area contributed by atoms with Crippen molar-refractivity contribution in [2.24, 2.45) is 11.7 Å². The Balaban J connectivity index is 2.26. The molecule has 2 unspecified atom stereocenters. The summed E-state index contributed by atoms with van der Waals surface area (Å²) in [6.45, 7) is 4.15. The Morgan fingerprint density at radius 1 is 1.38 bits per heavy atom. The van der Waals surface area contributed by atoms with Crippen LogP contribution >= 0.6 is 0 Å². The van der Waals surface area contributed by atoms with E-state index in [1.165, 1.54) is 32.1 Å². The fourth-order valence-corrected chi connectivity index (χ4v) is 2.45. The molecule has 1 fully saturated rings. The second-order valence-electron chi connectivity index (χ2n) is 5.13. The Kier molecular flexibility index (Phi) is 5.81. The number of amides is 1. The predicted molar refractivity (Wildman–Crippen MR) is 67.1 cm³/mol. The maximum Gasteiger partial charge on any atom is 0.221 e. The average Bonchev–Trinajstić information content (AvgIpc) is 2.29. The van der Waals surface area contributed by atoms with Gasteiger partial charge in [-0.1, -0.05) is 26.2 Å². The van der Waals surface area contributed by atoms with E-state index < -0.39 is 0 Å². The van der Waals surface area contributed by atoms with Gasteiger partial charge in [0.25, 0.3) is 0 Å². The minimum atomic E-state index is 0.0126. The number of hydrogen-bond acceptors (Lipinski definition) is 2. The van der Waals surface area contributed by atoms with Gasteiger partial charge in [-0.25, -0.2) is 0 Å². The minimum absolute atomic E-state index is 0.0126. The van der Waals surface area contributed by atoms with E-state index >= 15 is 0 Å². The zero-order valence-electron chi connectivity index (χ0n) is 10.7. The number of nitrogens with two attached hydrogens (primary N) is 1. The Hall–Kier alpha value is -0.570. The van der Waals surface area contributed by atoms with Crippen LogP contribution < -0.4 is 11.1 Å². The molecule has 0 spiro atoms. The van der Waals surface area contributed by atoms with E-state index in [4.69, 9.17) is 5.73 Å². The van der Waals surface area contributed by atoms with E-state index in [2.05, 4.69) is 12.2 Å². The summed E-state index contributed by atoms with van der Waals surface area (Å²) in [4.78, 5) is 11.7.